The van der Waals surface area contributed by atoms with Gasteiger partial charge in [-0.15, -0.1) is 0 Å². The second-order valence-electron chi connectivity index (χ2n) is 5.58. The van der Waals surface area contributed by atoms with Gasteiger partial charge in [0.25, 0.3) is 0 Å². The fourth-order valence-corrected chi connectivity index (χ4v) is 3.53. The normalized spacial score (nSPS) is 12.6. The Kier molecular flexibility index (Phi) is 5.70. The SMILES string of the molecule is C=C(C(=O)CC)[C@@H](NS(=O)(=O)c1ccc(C)cc1)c1ccccc1. The van der Waals surface area contributed by atoms with Crippen molar-refractivity contribution in [3.05, 3.63) is 77.9 Å². The summed E-state index contributed by atoms with van der Waals surface area (Å²) in [5.41, 5.74) is 1.89. The number of Topliss-reactive ketones (excluding diaryl/α,β-unsaturated/α-hetero) is 1. The maximum absolute atomic E-state index is 12.7. The molecule has 4 nitrogen and oxygen atoms in total. The highest BCUT2D eigenvalue weighted by Crippen LogP contribution is 2.24. The number of sulfonamides is 1. The van der Waals surface area contributed by atoms with E-state index >= 15 is 0 Å². The summed E-state index contributed by atoms with van der Waals surface area (Å²) >= 11 is 0. The van der Waals surface area contributed by atoms with Crippen molar-refractivity contribution in [1.82, 2.24) is 4.72 Å². The highest BCUT2D eigenvalue weighted by molar-refractivity contribution is 7.89. The van der Waals surface area contributed by atoms with Crippen molar-refractivity contribution in [2.75, 3.05) is 0 Å². The van der Waals surface area contributed by atoms with Gasteiger partial charge in [-0.1, -0.05) is 61.5 Å². The van der Waals surface area contributed by atoms with E-state index in [9.17, 15) is 13.2 Å². The van der Waals surface area contributed by atoms with E-state index in [1.54, 1.807) is 55.5 Å². The Bertz CT molecular complexity index is 825. The minimum Gasteiger partial charge on any atom is -0.295 e. The van der Waals surface area contributed by atoms with Crippen molar-refractivity contribution < 1.29 is 13.2 Å². The number of rotatable bonds is 7. The quantitative estimate of drug-likeness (QED) is 0.782. The van der Waals surface area contributed by atoms with Crippen LogP contribution in [-0.2, 0) is 14.8 Å². The molecule has 0 aromatic heterocycles. The van der Waals surface area contributed by atoms with E-state index in [4.69, 9.17) is 0 Å². The summed E-state index contributed by atoms with van der Waals surface area (Å²) < 4.78 is 28.0. The second kappa shape index (κ2) is 7.55. The predicted octanol–water partition coefficient (Wildman–Crippen LogP) is 3.55. The molecule has 0 aliphatic heterocycles. The van der Waals surface area contributed by atoms with Gasteiger partial charge in [-0.2, -0.15) is 4.72 Å². The smallest absolute Gasteiger partial charge is 0.241 e. The summed E-state index contributed by atoms with van der Waals surface area (Å²) in [6.07, 6.45) is 0.272. The number of hydrogen-bond acceptors (Lipinski definition) is 3. The van der Waals surface area contributed by atoms with Gasteiger partial charge >= 0.3 is 0 Å². The van der Waals surface area contributed by atoms with Crippen LogP contribution in [0.3, 0.4) is 0 Å². The third-order valence-corrected chi connectivity index (χ3v) is 5.20. The van der Waals surface area contributed by atoms with Gasteiger partial charge in [0.15, 0.2) is 5.78 Å². The Morgan fingerprint density at radius 2 is 1.67 bits per heavy atom. The lowest BCUT2D eigenvalue weighted by atomic mass is 9.97. The Balaban J connectivity index is 2.39. The van der Waals surface area contributed by atoms with Crippen molar-refractivity contribution in [3.63, 3.8) is 0 Å². The van der Waals surface area contributed by atoms with E-state index in [0.29, 0.717) is 5.56 Å². The number of carbonyl (C=O) groups excluding carboxylic acids is 1. The largest absolute Gasteiger partial charge is 0.295 e. The van der Waals surface area contributed by atoms with E-state index in [1.807, 2.05) is 13.0 Å². The molecule has 0 aliphatic carbocycles. The third kappa shape index (κ3) is 4.19. The first kappa shape index (κ1) is 18.1. The lowest BCUT2D eigenvalue weighted by molar-refractivity contribution is -0.115. The Labute approximate surface area is 143 Å². The average molecular weight is 343 g/mol. The molecular weight excluding hydrogens is 322 g/mol. The van der Waals surface area contributed by atoms with Crippen molar-refractivity contribution >= 4 is 15.8 Å². The summed E-state index contributed by atoms with van der Waals surface area (Å²) in [7, 11) is -3.77. The van der Waals surface area contributed by atoms with E-state index in [1.165, 1.54) is 0 Å². The predicted molar refractivity (Wildman–Crippen MR) is 95.1 cm³/mol. The standard InChI is InChI=1S/C19H21NO3S/c1-4-18(21)15(3)19(16-8-6-5-7-9-16)20-24(22,23)17-12-10-14(2)11-13-17/h5-13,19-20H,3-4H2,1-2H3/t19-/m1/s1. The Morgan fingerprint density at radius 1 is 1.08 bits per heavy atom. The van der Waals surface area contributed by atoms with Gasteiger partial charge in [0.05, 0.1) is 10.9 Å². The topological polar surface area (TPSA) is 63.2 Å². The lowest BCUT2D eigenvalue weighted by Gasteiger charge is -2.21. The van der Waals surface area contributed by atoms with Crippen molar-refractivity contribution in [2.45, 2.75) is 31.2 Å². The molecule has 2 aromatic carbocycles. The van der Waals surface area contributed by atoms with Crippen LogP contribution in [0.15, 0.2) is 71.6 Å². The van der Waals surface area contributed by atoms with Gasteiger partial charge in [0.1, 0.15) is 0 Å². The van der Waals surface area contributed by atoms with E-state index in [0.717, 1.165) is 5.56 Å². The van der Waals surface area contributed by atoms with Gasteiger partial charge < -0.3 is 0 Å². The average Bonchev–Trinajstić information content (AvgIpc) is 2.59. The zero-order valence-corrected chi connectivity index (χ0v) is 14.6. The summed E-state index contributed by atoms with van der Waals surface area (Å²) in [5.74, 6) is -0.171. The molecule has 0 bridgehead atoms. The summed E-state index contributed by atoms with van der Waals surface area (Å²) in [6, 6.07) is 14.7. The molecule has 1 N–H and O–H groups in total. The van der Waals surface area contributed by atoms with Crippen LogP contribution in [0, 0.1) is 6.92 Å². The lowest BCUT2D eigenvalue weighted by Crippen LogP contribution is -2.31. The first-order valence-electron chi connectivity index (χ1n) is 7.71. The van der Waals surface area contributed by atoms with Crippen LogP contribution in [0.25, 0.3) is 0 Å². The molecule has 24 heavy (non-hydrogen) atoms. The molecule has 0 saturated heterocycles. The van der Waals surface area contributed by atoms with Crippen molar-refractivity contribution in [2.24, 2.45) is 0 Å². The van der Waals surface area contributed by atoms with Crippen LogP contribution in [0.1, 0.15) is 30.5 Å². The number of nitrogens with one attached hydrogen (secondary N) is 1. The molecule has 0 amide bonds. The number of carbonyl (C=O) groups is 1. The number of ketones is 1. The van der Waals surface area contributed by atoms with E-state index in [-0.39, 0.29) is 22.7 Å². The molecule has 0 spiro atoms. The Hall–Kier alpha value is -2.24. The molecule has 1 atom stereocenters. The summed E-state index contributed by atoms with van der Waals surface area (Å²) in [4.78, 5) is 12.2. The zero-order valence-electron chi connectivity index (χ0n) is 13.8. The highest BCUT2D eigenvalue weighted by atomic mass is 32.2. The van der Waals surface area contributed by atoms with Crippen molar-refractivity contribution in [1.29, 1.82) is 0 Å². The van der Waals surface area contributed by atoms with Crippen LogP contribution >= 0.6 is 0 Å². The molecular formula is C19H21NO3S. The molecule has 0 saturated carbocycles. The van der Waals surface area contributed by atoms with Crippen LogP contribution in [0.2, 0.25) is 0 Å². The molecule has 2 rings (SSSR count). The number of aryl methyl sites for hydroxylation is 1. The van der Waals surface area contributed by atoms with Crippen molar-refractivity contribution in [3.8, 4) is 0 Å². The first-order chi connectivity index (χ1) is 11.3. The molecule has 126 valence electrons. The molecule has 2 aromatic rings. The maximum atomic E-state index is 12.7. The van der Waals surface area contributed by atoms with Crippen LogP contribution in [0.4, 0.5) is 0 Å². The van der Waals surface area contributed by atoms with Gasteiger partial charge in [0, 0.05) is 12.0 Å². The van der Waals surface area contributed by atoms with E-state index in [2.05, 4.69) is 11.3 Å². The second-order valence-corrected chi connectivity index (χ2v) is 7.29. The highest BCUT2D eigenvalue weighted by Gasteiger charge is 2.26. The Morgan fingerprint density at radius 3 is 2.21 bits per heavy atom. The summed E-state index contributed by atoms with van der Waals surface area (Å²) in [6.45, 7) is 7.43. The van der Waals surface area contributed by atoms with Gasteiger partial charge in [-0.05, 0) is 24.6 Å². The van der Waals surface area contributed by atoms with Crippen LogP contribution in [0.5, 0.6) is 0 Å². The summed E-state index contributed by atoms with van der Waals surface area (Å²) in [5, 5.41) is 0. The maximum Gasteiger partial charge on any atom is 0.241 e. The first-order valence-corrected chi connectivity index (χ1v) is 9.19. The van der Waals surface area contributed by atoms with Gasteiger partial charge in [-0.3, -0.25) is 4.79 Å². The minimum absolute atomic E-state index is 0.158. The van der Waals surface area contributed by atoms with Crippen LogP contribution < -0.4 is 4.72 Å². The molecule has 5 heteroatoms. The van der Waals surface area contributed by atoms with Gasteiger partial charge in [0.2, 0.25) is 10.0 Å². The molecule has 0 radical (unpaired) electrons. The fraction of sp³-hybridized carbons (Fsp3) is 0.211. The van der Waals surface area contributed by atoms with E-state index < -0.39 is 16.1 Å². The molecule has 0 unspecified atom stereocenters. The molecule has 0 heterocycles. The monoisotopic (exact) mass is 343 g/mol. The van der Waals surface area contributed by atoms with Crippen LogP contribution in [-0.4, -0.2) is 14.2 Å². The minimum atomic E-state index is -3.77. The number of hydrogen-bond donors (Lipinski definition) is 1. The van der Waals surface area contributed by atoms with Gasteiger partial charge in [-0.25, -0.2) is 8.42 Å². The fourth-order valence-electron chi connectivity index (χ4n) is 2.31. The number of benzene rings is 2. The molecule has 0 fully saturated rings. The molecule has 0 aliphatic rings. The third-order valence-electron chi connectivity index (χ3n) is 3.76. The zero-order chi connectivity index (χ0) is 17.7.